The van der Waals surface area contributed by atoms with Gasteiger partial charge in [-0.2, -0.15) is 0 Å². The molecule has 5 saturated carbocycles. The Morgan fingerprint density at radius 1 is 0.794 bits per heavy atom. The Morgan fingerprint density at radius 3 is 2.03 bits per heavy atom. The summed E-state index contributed by atoms with van der Waals surface area (Å²) >= 11 is 0. The van der Waals surface area contributed by atoms with E-state index in [1.165, 1.54) is 24.8 Å². The van der Waals surface area contributed by atoms with E-state index in [9.17, 15) is 15.0 Å². The van der Waals surface area contributed by atoms with Gasteiger partial charge in [0, 0.05) is 0 Å². The van der Waals surface area contributed by atoms with Crippen LogP contribution in [0.15, 0.2) is 12.2 Å². The van der Waals surface area contributed by atoms with Gasteiger partial charge in [-0.05, 0) is 122 Å². The summed E-state index contributed by atoms with van der Waals surface area (Å²) in [7, 11) is 0. The molecule has 0 saturated heterocycles. The van der Waals surface area contributed by atoms with Gasteiger partial charge in [-0.1, -0.05) is 53.7 Å². The van der Waals surface area contributed by atoms with Gasteiger partial charge in [0.05, 0.1) is 11.5 Å². The fourth-order valence-corrected chi connectivity index (χ4v) is 12.1. The highest BCUT2D eigenvalue weighted by Crippen LogP contribution is 2.81. The molecular formula is C31H50O3. The van der Waals surface area contributed by atoms with Crippen LogP contribution in [0.3, 0.4) is 0 Å². The van der Waals surface area contributed by atoms with Gasteiger partial charge in [0.1, 0.15) is 0 Å². The van der Waals surface area contributed by atoms with Crippen LogP contribution in [-0.4, -0.2) is 22.3 Å². The largest absolute Gasteiger partial charge is 0.481 e. The summed E-state index contributed by atoms with van der Waals surface area (Å²) in [6.45, 7) is 21.4. The van der Waals surface area contributed by atoms with E-state index in [1.807, 2.05) is 0 Å². The summed E-state index contributed by atoms with van der Waals surface area (Å²) in [4.78, 5) is 12.9. The number of aliphatic carboxylic acids is 1. The normalized spacial score (nSPS) is 55.9. The molecule has 0 heterocycles. The zero-order valence-electron chi connectivity index (χ0n) is 23.0. The molecule has 34 heavy (non-hydrogen) atoms. The van der Waals surface area contributed by atoms with Crippen LogP contribution in [0.5, 0.6) is 0 Å². The van der Waals surface area contributed by atoms with Crippen LogP contribution in [0.2, 0.25) is 0 Å². The van der Waals surface area contributed by atoms with Crippen molar-refractivity contribution < 1.29 is 15.0 Å². The topological polar surface area (TPSA) is 57.5 Å². The van der Waals surface area contributed by atoms with Crippen molar-refractivity contribution in [1.29, 1.82) is 0 Å². The van der Waals surface area contributed by atoms with Gasteiger partial charge in [0.25, 0.3) is 0 Å². The molecule has 0 aromatic carbocycles. The Morgan fingerprint density at radius 2 is 1.41 bits per heavy atom. The van der Waals surface area contributed by atoms with Gasteiger partial charge in [0.15, 0.2) is 0 Å². The molecule has 2 N–H and O–H groups in total. The van der Waals surface area contributed by atoms with Crippen LogP contribution in [0, 0.1) is 56.2 Å². The number of fused-ring (bicyclic) bond motifs is 7. The Labute approximate surface area is 208 Å². The first kappa shape index (κ1) is 24.8. The molecule has 0 aromatic heterocycles. The minimum absolute atomic E-state index is 0.0158. The zero-order valence-corrected chi connectivity index (χ0v) is 23.0. The third-order valence-electron chi connectivity index (χ3n) is 14.2. The SMILES string of the molecule is C=C(C)C1CCC2(C(=O)O)CCC3(C)C(C)(CCC4C5(C)CCC(O)C(C)(C)C5CCC43C)C12. The van der Waals surface area contributed by atoms with Crippen molar-refractivity contribution in [2.75, 3.05) is 0 Å². The summed E-state index contributed by atoms with van der Waals surface area (Å²) in [6.07, 6.45) is 10.3. The molecule has 5 aliphatic rings. The highest BCUT2D eigenvalue weighted by molar-refractivity contribution is 5.76. The van der Waals surface area contributed by atoms with Crippen LogP contribution >= 0.6 is 0 Å². The van der Waals surface area contributed by atoms with E-state index in [1.54, 1.807) is 0 Å². The van der Waals surface area contributed by atoms with E-state index in [2.05, 4.69) is 55.0 Å². The molecule has 0 aliphatic heterocycles. The lowest BCUT2D eigenvalue weighted by molar-refractivity contribution is -0.276. The second kappa shape index (κ2) is 7.14. The lowest BCUT2D eigenvalue weighted by atomic mass is 9.29. The van der Waals surface area contributed by atoms with Crippen LogP contribution in [0.4, 0.5) is 0 Å². The van der Waals surface area contributed by atoms with Gasteiger partial charge in [-0.3, -0.25) is 4.79 Å². The number of carboxylic acid groups (broad SMARTS) is 1. The number of allylic oxidation sites excluding steroid dienone is 1. The third-order valence-corrected chi connectivity index (χ3v) is 14.2. The first-order valence-electron chi connectivity index (χ1n) is 14.2. The van der Waals surface area contributed by atoms with Gasteiger partial charge in [-0.15, -0.1) is 0 Å². The first-order chi connectivity index (χ1) is 15.6. The first-order valence-corrected chi connectivity index (χ1v) is 14.2. The molecule has 0 radical (unpaired) electrons. The van der Waals surface area contributed by atoms with Gasteiger partial charge >= 0.3 is 5.97 Å². The van der Waals surface area contributed by atoms with Crippen LogP contribution in [0.25, 0.3) is 0 Å². The molecule has 192 valence electrons. The maximum Gasteiger partial charge on any atom is 0.309 e. The maximum atomic E-state index is 12.9. The standard InChI is InChI=1S/C31H50O3/c1-19(2)20-9-16-31(25(33)34)18-17-30(8)28(6)14-10-21-26(3,4)23(32)12-13-27(21,5)22(28)11-15-29(30,7)24(20)31/h20-24,32H,1,9-18H2,2-8H3,(H,33,34). The highest BCUT2D eigenvalue weighted by Gasteiger charge is 2.75. The van der Waals surface area contributed by atoms with E-state index < -0.39 is 11.4 Å². The average Bonchev–Trinajstić information content (AvgIpc) is 3.16. The Kier molecular flexibility index (Phi) is 5.22. The molecule has 0 amide bonds. The number of aliphatic hydroxyl groups is 1. The zero-order chi connectivity index (χ0) is 25.1. The van der Waals surface area contributed by atoms with E-state index in [0.717, 1.165) is 44.9 Å². The molecule has 3 nitrogen and oxygen atoms in total. The smallest absolute Gasteiger partial charge is 0.309 e. The predicted molar refractivity (Wildman–Crippen MR) is 137 cm³/mol. The monoisotopic (exact) mass is 470 g/mol. The molecule has 5 rings (SSSR count). The van der Waals surface area contributed by atoms with Gasteiger partial charge in [-0.25, -0.2) is 0 Å². The second-order valence-corrected chi connectivity index (χ2v) is 15.2. The van der Waals surface area contributed by atoms with Gasteiger partial charge < -0.3 is 10.2 Å². The second-order valence-electron chi connectivity index (χ2n) is 15.2. The van der Waals surface area contributed by atoms with Crippen molar-refractivity contribution in [3.63, 3.8) is 0 Å². The van der Waals surface area contributed by atoms with Gasteiger partial charge in [0.2, 0.25) is 0 Å². The number of aliphatic hydroxyl groups excluding tert-OH is 1. The molecule has 10 atom stereocenters. The highest BCUT2D eigenvalue weighted by atomic mass is 16.4. The summed E-state index contributed by atoms with van der Waals surface area (Å²) in [5.74, 6) is 1.19. The van der Waals surface area contributed by atoms with E-state index in [4.69, 9.17) is 0 Å². The summed E-state index contributed by atoms with van der Waals surface area (Å²) in [6, 6.07) is 0. The summed E-state index contributed by atoms with van der Waals surface area (Å²) in [5.41, 5.74) is 1.20. The predicted octanol–water partition coefficient (Wildman–Crippen LogP) is 7.48. The molecule has 0 spiro atoms. The number of carboxylic acids is 1. The van der Waals surface area contributed by atoms with E-state index >= 15 is 0 Å². The molecule has 5 aliphatic carbocycles. The molecule has 0 bridgehead atoms. The third kappa shape index (κ3) is 2.61. The number of rotatable bonds is 2. The van der Waals surface area contributed by atoms with Crippen LogP contribution in [0.1, 0.15) is 113 Å². The fraction of sp³-hybridized carbons (Fsp3) is 0.903. The van der Waals surface area contributed by atoms with Crippen LogP contribution < -0.4 is 0 Å². The van der Waals surface area contributed by atoms with E-state index in [0.29, 0.717) is 17.8 Å². The minimum atomic E-state index is -0.570. The summed E-state index contributed by atoms with van der Waals surface area (Å²) in [5, 5.41) is 21.5. The van der Waals surface area contributed by atoms with Crippen molar-refractivity contribution in [1.82, 2.24) is 0 Å². The minimum Gasteiger partial charge on any atom is -0.481 e. The Balaban J connectivity index is 1.61. The van der Waals surface area contributed by atoms with E-state index in [-0.39, 0.29) is 39.1 Å². The van der Waals surface area contributed by atoms with Crippen LogP contribution in [-0.2, 0) is 4.79 Å². The van der Waals surface area contributed by atoms with Crippen molar-refractivity contribution in [3.8, 4) is 0 Å². The molecular weight excluding hydrogens is 420 g/mol. The fourth-order valence-electron chi connectivity index (χ4n) is 12.1. The van der Waals surface area contributed by atoms with Crippen molar-refractivity contribution in [2.24, 2.45) is 56.2 Å². The van der Waals surface area contributed by atoms with Crippen molar-refractivity contribution >= 4 is 5.97 Å². The quantitative estimate of drug-likeness (QED) is 0.411. The number of carbonyl (C=O) groups is 1. The van der Waals surface area contributed by atoms with Crippen molar-refractivity contribution in [3.05, 3.63) is 12.2 Å². The lowest BCUT2D eigenvalue weighted by Gasteiger charge is -2.75. The Hall–Kier alpha value is -0.830. The maximum absolute atomic E-state index is 12.9. The number of hydrogen-bond donors (Lipinski definition) is 2. The summed E-state index contributed by atoms with van der Waals surface area (Å²) < 4.78 is 0. The number of hydrogen-bond acceptors (Lipinski definition) is 2. The molecule has 10 unspecified atom stereocenters. The molecule has 0 aromatic rings. The average molecular weight is 471 g/mol. The molecule has 5 fully saturated rings. The Bertz CT molecular complexity index is 906. The lowest BCUT2D eigenvalue weighted by Crippen LogP contribution is -2.70. The molecule has 3 heteroatoms. The van der Waals surface area contributed by atoms with Crippen molar-refractivity contribution in [2.45, 2.75) is 119 Å².